The lowest BCUT2D eigenvalue weighted by molar-refractivity contribution is 0.314. The van der Waals surface area contributed by atoms with Crippen molar-refractivity contribution in [1.82, 2.24) is 9.88 Å². The number of nitrogens with zero attached hydrogens (tertiary/aromatic N) is 3. The lowest BCUT2D eigenvalue weighted by Crippen LogP contribution is -2.36. The van der Waals surface area contributed by atoms with Gasteiger partial charge in [0.05, 0.1) is 17.6 Å². The molecule has 1 aliphatic heterocycles. The SMILES string of the molecule is CC[C@@H](N)c1ccc(N(C)CC2CCCN2C)cn1. The average molecular weight is 262 g/mol. The monoisotopic (exact) mass is 262 g/mol. The molecular formula is C15H26N4. The predicted octanol–water partition coefficient (Wildman–Crippen LogP) is 2.02. The van der Waals surface area contributed by atoms with Gasteiger partial charge in [0.25, 0.3) is 0 Å². The third kappa shape index (κ3) is 3.45. The number of aromatic nitrogens is 1. The Morgan fingerprint density at radius 2 is 2.32 bits per heavy atom. The number of likely N-dealkylation sites (N-methyl/N-ethyl adjacent to an activating group) is 2. The van der Waals surface area contributed by atoms with Gasteiger partial charge in [0.2, 0.25) is 0 Å². The van der Waals surface area contributed by atoms with Crippen LogP contribution in [0, 0.1) is 0 Å². The van der Waals surface area contributed by atoms with Crippen molar-refractivity contribution in [3.63, 3.8) is 0 Å². The molecule has 106 valence electrons. The summed E-state index contributed by atoms with van der Waals surface area (Å²) in [4.78, 5) is 9.23. The Morgan fingerprint density at radius 3 is 2.84 bits per heavy atom. The Hall–Kier alpha value is -1.13. The first-order valence-electron chi connectivity index (χ1n) is 7.24. The van der Waals surface area contributed by atoms with E-state index in [1.165, 1.54) is 25.1 Å². The van der Waals surface area contributed by atoms with Crippen LogP contribution in [-0.2, 0) is 0 Å². The molecule has 4 heteroatoms. The molecule has 0 amide bonds. The van der Waals surface area contributed by atoms with Gasteiger partial charge in [-0.3, -0.25) is 4.98 Å². The number of nitrogens with two attached hydrogens (primary N) is 1. The summed E-state index contributed by atoms with van der Waals surface area (Å²) in [6.45, 7) is 4.38. The van der Waals surface area contributed by atoms with Gasteiger partial charge in [0.15, 0.2) is 0 Å². The zero-order valence-corrected chi connectivity index (χ0v) is 12.3. The van der Waals surface area contributed by atoms with E-state index in [1.807, 2.05) is 6.20 Å². The zero-order chi connectivity index (χ0) is 13.8. The highest BCUT2D eigenvalue weighted by molar-refractivity contribution is 5.44. The summed E-state index contributed by atoms with van der Waals surface area (Å²) in [5, 5.41) is 0. The van der Waals surface area contributed by atoms with E-state index >= 15 is 0 Å². The van der Waals surface area contributed by atoms with Crippen molar-refractivity contribution >= 4 is 5.69 Å². The van der Waals surface area contributed by atoms with Gasteiger partial charge in [-0.1, -0.05) is 6.92 Å². The Labute approximate surface area is 116 Å². The van der Waals surface area contributed by atoms with Gasteiger partial charge in [-0.2, -0.15) is 0 Å². The molecule has 1 aromatic heterocycles. The van der Waals surface area contributed by atoms with Crippen LogP contribution in [0.15, 0.2) is 18.3 Å². The number of pyridine rings is 1. The summed E-state index contributed by atoms with van der Waals surface area (Å²) in [5.41, 5.74) is 8.15. The molecule has 0 spiro atoms. The minimum atomic E-state index is 0.0559. The Balaban J connectivity index is 1.97. The molecule has 2 N–H and O–H groups in total. The third-order valence-corrected chi connectivity index (χ3v) is 4.19. The van der Waals surface area contributed by atoms with Crippen LogP contribution in [0.3, 0.4) is 0 Å². The van der Waals surface area contributed by atoms with Crippen molar-refractivity contribution in [3.05, 3.63) is 24.0 Å². The minimum Gasteiger partial charge on any atom is -0.372 e. The molecule has 0 aliphatic carbocycles. The van der Waals surface area contributed by atoms with E-state index in [0.717, 1.165) is 18.7 Å². The fourth-order valence-corrected chi connectivity index (χ4v) is 2.68. The Kier molecular flexibility index (Phi) is 4.77. The van der Waals surface area contributed by atoms with Crippen LogP contribution in [0.5, 0.6) is 0 Å². The fraction of sp³-hybridized carbons (Fsp3) is 0.667. The maximum Gasteiger partial charge on any atom is 0.0572 e. The molecule has 1 aromatic rings. The first-order valence-corrected chi connectivity index (χ1v) is 7.24. The summed E-state index contributed by atoms with van der Waals surface area (Å²) >= 11 is 0. The van der Waals surface area contributed by atoms with Crippen molar-refractivity contribution in [1.29, 1.82) is 0 Å². The Bertz CT molecular complexity index is 390. The normalized spacial score (nSPS) is 21.6. The summed E-state index contributed by atoms with van der Waals surface area (Å²) in [7, 11) is 4.36. The summed E-state index contributed by atoms with van der Waals surface area (Å²) in [6, 6.07) is 4.91. The van der Waals surface area contributed by atoms with Gasteiger partial charge in [-0.05, 0) is 45.0 Å². The van der Waals surface area contributed by atoms with Gasteiger partial charge in [0.1, 0.15) is 0 Å². The van der Waals surface area contributed by atoms with E-state index in [9.17, 15) is 0 Å². The smallest absolute Gasteiger partial charge is 0.0572 e. The largest absolute Gasteiger partial charge is 0.372 e. The predicted molar refractivity (Wildman–Crippen MR) is 80.4 cm³/mol. The molecule has 0 saturated carbocycles. The minimum absolute atomic E-state index is 0.0559. The van der Waals surface area contributed by atoms with E-state index in [4.69, 9.17) is 5.73 Å². The van der Waals surface area contributed by atoms with Crippen molar-refractivity contribution in [2.24, 2.45) is 5.73 Å². The highest BCUT2D eigenvalue weighted by Crippen LogP contribution is 2.20. The van der Waals surface area contributed by atoms with Crippen LogP contribution in [-0.4, -0.2) is 43.1 Å². The third-order valence-electron chi connectivity index (χ3n) is 4.19. The molecule has 0 radical (unpaired) electrons. The van der Waals surface area contributed by atoms with Crippen LogP contribution >= 0.6 is 0 Å². The topological polar surface area (TPSA) is 45.4 Å². The molecule has 1 fully saturated rings. The number of rotatable bonds is 5. The molecule has 2 heterocycles. The number of likely N-dealkylation sites (tertiary alicyclic amines) is 1. The van der Waals surface area contributed by atoms with Gasteiger partial charge < -0.3 is 15.5 Å². The lowest BCUT2D eigenvalue weighted by Gasteiger charge is -2.27. The highest BCUT2D eigenvalue weighted by Gasteiger charge is 2.22. The van der Waals surface area contributed by atoms with Gasteiger partial charge in [0, 0.05) is 25.7 Å². The molecule has 2 rings (SSSR count). The molecule has 19 heavy (non-hydrogen) atoms. The highest BCUT2D eigenvalue weighted by atomic mass is 15.2. The van der Waals surface area contributed by atoms with Crippen LogP contribution in [0.25, 0.3) is 0 Å². The molecule has 0 aromatic carbocycles. The van der Waals surface area contributed by atoms with E-state index in [2.05, 4.69) is 47.9 Å². The van der Waals surface area contributed by atoms with E-state index in [1.54, 1.807) is 0 Å². The van der Waals surface area contributed by atoms with Crippen molar-refractivity contribution in [3.8, 4) is 0 Å². The molecular weight excluding hydrogens is 236 g/mol. The fourth-order valence-electron chi connectivity index (χ4n) is 2.68. The number of hydrogen-bond donors (Lipinski definition) is 1. The summed E-state index contributed by atoms with van der Waals surface area (Å²) in [6.07, 6.45) is 5.49. The Morgan fingerprint density at radius 1 is 1.53 bits per heavy atom. The number of anilines is 1. The summed E-state index contributed by atoms with van der Waals surface area (Å²) < 4.78 is 0. The van der Waals surface area contributed by atoms with E-state index in [0.29, 0.717) is 6.04 Å². The second-order valence-corrected chi connectivity index (χ2v) is 5.61. The molecule has 1 saturated heterocycles. The lowest BCUT2D eigenvalue weighted by atomic mass is 10.1. The van der Waals surface area contributed by atoms with Crippen LogP contribution in [0.4, 0.5) is 5.69 Å². The quantitative estimate of drug-likeness (QED) is 0.882. The summed E-state index contributed by atoms with van der Waals surface area (Å²) in [5.74, 6) is 0. The van der Waals surface area contributed by atoms with E-state index in [-0.39, 0.29) is 6.04 Å². The molecule has 4 nitrogen and oxygen atoms in total. The second-order valence-electron chi connectivity index (χ2n) is 5.61. The van der Waals surface area contributed by atoms with Gasteiger partial charge in [-0.15, -0.1) is 0 Å². The standard InChI is InChI=1S/C15H26N4/c1-4-14(16)15-8-7-12(10-17-15)19(3)11-13-6-5-9-18(13)2/h7-8,10,13-14H,4-6,9,11,16H2,1-3H3/t13?,14-/m1/s1. The molecule has 1 unspecified atom stereocenters. The molecule has 2 atom stereocenters. The van der Waals surface area contributed by atoms with E-state index < -0.39 is 0 Å². The van der Waals surface area contributed by atoms with Crippen LogP contribution in [0.1, 0.15) is 37.9 Å². The van der Waals surface area contributed by atoms with Crippen LogP contribution < -0.4 is 10.6 Å². The maximum atomic E-state index is 5.99. The first kappa shape index (κ1) is 14.3. The number of hydrogen-bond acceptors (Lipinski definition) is 4. The van der Waals surface area contributed by atoms with Crippen molar-refractivity contribution < 1.29 is 0 Å². The molecule has 1 aliphatic rings. The second kappa shape index (κ2) is 6.35. The molecule has 0 bridgehead atoms. The van der Waals surface area contributed by atoms with Gasteiger partial charge >= 0.3 is 0 Å². The van der Waals surface area contributed by atoms with Crippen molar-refractivity contribution in [2.45, 2.75) is 38.3 Å². The maximum absolute atomic E-state index is 5.99. The van der Waals surface area contributed by atoms with Crippen molar-refractivity contribution in [2.75, 3.05) is 32.1 Å². The average Bonchev–Trinajstić information content (AvgIpc) is 2.83. The zero-order valence-electron chi connectivity index (χ0n) is 12.3. The first-order chi connectivity index (χ1) is 9.11. The van der Waals surface area contributed by atoms with Crippen LogP contribution in [0.2, 0.25) is 0 Å². The van der Waals surface area contributed by atoms with Gasteiger partial charge in [-0.25, -0.2) is 0 Å².